The van der Waals surface area contributed by atoms with Gasteiger partial charge in [0.05, 0.1) is 0 Å². The Bertz CT molecular complexity index is 445. The Balaban J connectivity index is 1.57. The Hall–Kier alpha value is -0.550. The van der Waals surface area contributed by atoms with E-state index in [-0.39, 0.29) is 5.54 Å². The summed E-state index contributed by atoms with van der Waals surface area (Å²) in [5, 5.41) is 0.670. The highest BCUT2D eigenvalue weighted by atomic mass is 32.2. The first kappa shape index (κ1) is 15.3. The lowest BCUT2D eigenvalue weighted by Gasteiger charge is -2.47. The number of nitrogens with zero attached hydrogens (tertiary/aromatic N) is 2. The third kappa shape index (κ3) is 3.14. The van der Waals surface area contributed by atoms with Gasteiger partial charge in [0.15, 0.2) is 0 Å². The van der Waals surface area contributed by atoms with Gasteiger partial charge in [-0.25, -0.2) is 0 Å². The van der Waals surface area contributed by atoms with E-state index in [1.54, 1.807) is 0 Å². The Kier molecular flexibility index (Phi) is 4.89. The number of hydrogen-bond donors (Lipinski definition) is 1. The van der Waals surface area contributed by atoms with E-state index in [9.17, 15) is 0 Å². The third-order valence-electron chi connectivity index (χ3n) is 5.26. The Morgan fingerprint density at radius 3 is 2.48 bits per heavy atom. The fourth-order valence-electron chi connectivity index (χ4n) is 3.78. The first-order valence-electron chi connectivity index (χ1n) is 8.07. The summed E-state index contributed by atoms with van der Waals surface area (Å²) >= 11 is 2.09. The van der Waals surface area contributed by atoms with E-state index in [0.29, 0.717) is 5.25 Å². The van der Waals surface area contributed by atoms with Crippen LogP contribution in [0.2, 0.25) is 0 Å². The molecule has 21 heavy (non-hydrogen) atoms. The molecule has 0 amide bonds. The summed E-state index contributed by atoms with van der Waals surface area (Å²) in [6.07, 6.45) is 1.26. The lowest BCUT2D eigenvalue weighted by atomic mass is 9.89. The quantitative estimate of drug-likeness (QED) is 0.922. The van der Waals surface area contributed by atoms with Gasteiger partial charge in [-0.3, -0.25) is 9.80 Å². The average Bonchev–Trinajstić information content (AvgIpc) is 2.91. The van der Waals surface area contributed by atoms with E-state index in [4.69, 9.17) is 5.73 Å². The van der Waals surface area contributed by atoms with Gasteiger partial charge >= 0.3 is 0 Å². The van der Waals surface area contributed by atoms with Crippen molar-refractivity contribution >= 4 is 11.8 Å². The Labute approximate surface area is 132 Å². The molecule has 2 N–H and O–H groups in total. The molecule has 0 aromatic heterocycles. The first-order valence-corrected chi connectivity index (χ1v) is 9.12. The molecule has 2 aliphatic rings. The van der Waals surface area contributed by atoms with Gasteiger partial charge in [0.1, 0.15) is 0 Å². The summed E-state index contributed by atoms with van der Waals surface area (Å²) in [5.74, 6) is 1.27. The number of piperazine rings is 1. The van der Waals surface area contributed by atoms with Gasteiger partial charge in [-0.15, -0.1) is 0 Å². The maximum Gasteiger partial charge on any atom is 0.0456 e. The minimum Gasteiger partial charge on any atom is -0.329 e. The predicted molar refractivity (Wildman–Crippen MR) is 91.6 cm³/mol. The van der Waals surface area contributed by atoms with Crippen molar-refractivity contribution in [3.63, 3.8) is 0 Å². The molecule has 2 fully saturated rings. The van der Waals surface area contributed by atoms with E-state index < -0.39 is 0 Å². The molecule has 3 nitrogen and oxygen atoms in total. The van der Waals surface area contributed by atoms with Crippen LogP contribution in [-0.2, 0) is 6.54 Å². The monoisotopic (exact) mass is 305 g/mol. The van der Waals surface area contributed by atoms with Gasteiger partial charge in [0, 0.05) is 50.1 Å². The normalized spacial score (nSPS) is 31.6. The van der Waals surface area contributed by atoms with Gasteiger partial charge in [0.2, 0.25) is 0 Å². The third-order valence-corrected chi connectivity index (χ3v) is 6.64. The highest BCUT2D eigenvalue weighted by Crippen LogP contribution is 2.39. The van der Waals surface area contributed by atoms with Crippen molar-refractivity contribution in [2.24, 2.45) is 5.73 Å². The molecular formula is C17H27N3S. The van der Waals surface area contributed by atoms with Gasteiger partial charge in [-0.2, -0.15) is 11.8 Å². The number of benzene rings is 1. The summed E-state index contributed by atoms with van der Waals surface area (Å²) < 4.78 is 0. The molecule has 2 atom stereocenters. The van der Waals surface area contributed by atoms with Crippen molar-refractivity contribution in [1.82, 2.24) is 9.80 Å². The van der Waals surface area contributed by atoms with E-state index in [0.717, 1.165) is 39.3 Å². The molecule has 1 aromatic carbocycles. The Morgan fingerprint density at radius 2 is 1.90 bits per heavy atom. The van der Waals surface area contributed by atoms with Crippen LogP contribution in [0.25, 0.3) is 0 Å². The minimum absolute atomic E-state index is 0.253. The lowest BCUT2D eigenvalue weighted by Crippen LogP contribution is -2.62. The second kappa shape index (κ2) is 6.69. The van der Waals surface area contributed by atoms with Crippen LogP contribution in [0.15, 0.2) is 30.3 Å². The average molecular weight is 305 g/mol. The van der Waals surface area contributed by atoms with E-state index in [1.807, 2.05) is 0 Å². The highest BCUT2D eigenvalue weighted by molar-refractivity contribution is 8.00. The number of thioether (sulfide) groups is 1. The minimum atomic E-state index is 0.253. The van der Waals surface area contributed by atoms with Gasteiger partial charge in [0.25, 0.3) is 0 Å². The predicted octanol–water partition coefficient (Wildman–Crippen LogP) is 2.03. The summed E-state index contributed by atoms with van der Waals surface area (Å²) in [5.41, 5.74) is 7.85. The van der Waals surface area contributed by atoms with Crippen molar-refractivity contribution in [3.8, 4) is 0 Å². The second-order valence-electron chi connectivity index (χ2n) is 6.32. The number of nitrogens with two attached hydrogens (primary N) is 1. The van der Waals surface area contributed by atoms with E-state index in [1.165, 1.54) is 17.7 Å². The maximum absolute atomic E-state index is 6.18. The molecule has 2 aliphatic heterocycles. The van der Waals surface area contributed by atoms with E-state index >= 15 is 0 Å². The second-order valence-corrected chi connectivity index (χ2v) is 7.77. The zero-order valence-corrected chi connectivity index (χ0v) is 13.8. The fourth-order valence-corrected chi connectivity index (χ4v) is 5.27. The summed E-state index contributed by atoms with van der Waals surface area (Å²) in [4.78, 5) is 5.25. The first-order chi connectivity index (χ1) is 10.2. The molecule has 1 aromatic rings. The summed E-state index contributed by atoms with van der Waals surface area (Å²) in [6.45, 7) is 8.89. The van der Waals surface area contributed by atoms with Crippen LogP contribution >= 0.6 is 11.8 Å². The SMILES string of the molecule is CC1SCCC1(CN)N1CCN(Cc2ccccc2)CC1. The molecule has 0 aliphatic carbocycles. The summed E-state index contributed by atoms with van der Waals surface area (Å²) in [7, 11) is 0. The van der Waals surface area contributed by atoms with Gasteiger partial charge in [-0.05, 0) is 17.7 Å². The maximum atomic E-state index is 6.18. The van der Waals surface area contributed by atoms with Crippen LogP contribution in [0.4, 0.5) is 0 Å². The summed E-state index contributed by atoms with van der Waals surface area (Å²) in [6, 6.07) is 10.8. The molecule has 2 heterocycles. The molecule has 0 bridgehead atoms. The number of rotatable bonds is 4. The standard InChI is InChI=1S/C17H27N3S/c1-15-17(14-18,7-12-21-15)20-10-8-19(9-11-20)13-16-5-3-2-4-6-16/h2-6,15H,7-14,18H2,1H3. The zero-order chi connectivity index (χ0) is 14.7. The van der Waals surface area contributed by atoms with Crippen LogP contribution in [0, 0.1) is 0 Å². The van der Waals surface area contributed by atoms with Gasteiger partial charge in [-0.1, -0.05) is 37.3 Å². The Morgan fingerprint density at radius 1 is 1.19 bits per heavy atom. The van der Waals surface area contributed by atoms with Crippen LogP contribution in [0.3, 0.4) is 0 Å². The molecule has 0 saturated carbocycles. The van der Waals surface area contributed by atoms with Crippen molar-refractivity contribution in [3.05, 3.63) is 35.9 Å². The van der Waals surface area contributed by atoms with Crippen LogP contribution < -0.4 is 5.73 Å². The molecule has 0 spiro atoms. The van der Waals surface area contributed by atoms with Crippen molar-refractivity contribution in [2.45, 2.75) is 30.7 Å². The topological polar surface area (TPSA) is 32.5 Å². The van der Waals surface area contributed by atoms with Crippen molar-refractivity contribution < 1.29 is 0 Å². The molecule has 4 heteroatoms. The molecule has 2 unspecified atom stereocenters. The smallest absolute Gasteiger partial charge is 0.0456 e. The van der Waals surface area contributed by atoms with Crippen LogP contribution in [0.5, 0.6) is 0 Å². The van der Waals surface area contributed by atoms with Gasteiger partial charge < -0.3 is 5.73 Å². The molecular weight excluding hydrogens is 278 g/mol. The largest absolute Gasteiger partial charge is 0.329 e. The van der Waals surface area contributed by atoms with Crippen LogP contribution in [0.1, 0.15) is 18.9 Å². The molecule has 0 radical (unpaired) electrons. The fraction of sp³-hybridized carbons (Fsp3) is 0.647. The molecule has 3 rings (SSSR count). The zero-order valence-electron chi connectivity index (χ0n) is 13.0. The van der Waals surface area contributed by atoms with E-state index in [2.05, 4.69) is 58.8 Å². The van der Waals surface area contributed by atoms with Crippen molar-refractivity contribution in [1.29, 1.82) is 0 Å². The molecule has 116 valence electrons. The highest BCUT2D eigenvalue weighted by Gasteiger charge is 2.45. The van der Waals surface area contributed by atoms with Crippen molar-refractivity contribution in [2.75, 3.05) is 38.5 Å². The number of hydrogen-bond acceptors (Lipinski definition) is 4. The van der Waals surface area contributed by atoms with Crippen LogP contribution in [-0.4, -0.2) is 59.1 Å². The molecule has 2 saturated heterocycles. The lowest BCUT2D eigenvalue weighted by molar-refractivity contribution is 0.0361.